The number of fused-ring (bicyclic) bond motifs is 1. The van der Waals surface area contributed by atoms with Gasteiger partial charge in [-0.15, -0.1) is 0 Å². The maximum Gasteiger partial charge on any atom is 0.249 e. The van der Waals surface area contributed by atoms with Gasteiger partial charge in [-0.2, -0.15) is 5.10 Å². The summed E-state index contributed by atoms with van der Waals surface area (Å²) in [5.74, 6) is 0.356. The molecule has 1 aliphatic rings. The number of aromatic nitrogens is 3. The van der Waals surface area contributed by atoms with E-state index >= 15 is 0 Å². The predicted octanol–water partition coefficient (Wildman–Crippen LogP) is 1.58. The van der Waals surface area contributed by atoms with Crippen LogP contribution in [0.2, 0.25) is 0 Å². The van der Waals surface area contributed by atoms with E-state index in [4.69, 9.17) is 0 Å². The van der Waals surface area contributed by atoms with E-state index < -0.39 is 0 Å². The quantitative estimate of drug-likeness (QED) is 0.715. The largest absolute Gasteiger partial charge is 0.393 e. The number of pyridine rings is 1. The molecule has 2 aromatic rings. The van der Waals surface area contributed by atoms with Crippen LogP contribution in [0.3, 0.4) is 0 Å². The highest BCUT2D eigenvalue weighted by molar-refractivity contribution is 5.81. The van der Waals surface area contributed by atoms with Crippen molar-refractivity contribution >= 4 is 11.0 Å². The van der Waals surface area contributed by atoms with E-state index in [0.29, 0.717) is 11.6 Å². The third kappa shape index (κ3) is 1.84. The number of hydrogen-bond donors (Lipinski definition) is 3. The Morgan fingerprint density at radius 3 is 2.78 bits per heavy atom. The zero-order chi connectivity index (χ0) is 12.7. The van der Waals surface area contributed by atoms with Crippen molar-refractivity contribution in [3.63, 3.8) is 0 Å². The standard InChI is InChI=1S/C13H17N3O2/c1-7-12-10(8-2-4-9(17)5-3-8)6-11(18)14-13(12)16-15-7/h6,8-9,17H,2-5H2,1H3,(H2,14,15,16,18). The van der Waals surface area contributed by atoms with Gasteiger partial charge in [0.05, 0.1) is 6.10 Å². The van der Waals surface area contributed by atoms with Gasteiger partial charge in [-0.1, -0.05) is 0 Å². The Bertz CT molecular complexity index is 621. The number of nitrogens with zero attached hydrogens (tertiary/aromatic N) is 1. The Kier molecular flexibility index (Phi) is 2.70. The van der Waals surface area contributed by atoms with Crippen LogP contribution in [-0.2, 0) is 0 Å². The van der Waals surface area contributed by atoms with Gasteiger partial charge in [-0.05, 0) is 44.1 Å². The molecule has 5 heteroatoms. The van der Waals surface area contributed by atoms with E-state index in [2.05, 4.69) is 15.2 Å². The van der Waals surface area contributed by atoms with Crippen molar-refractivity contribution in [3.05, 3.63) is 27.7 Å². The van der Waals surface area contributed by atoms with Gasteiger partial charge in [0.1, 0.15) is 0 Å². The Morgan fingerprint density at radius 1 is 1.33 bits per heavy atom. The topological polar surface area (TPSA) is 81.8 Å². The molecule has 3 N–H and O–H groups in total. The fourth-order valence-corrected chi connectivity index (χ4v) is 2.95. The van der Waals surface area contributed by atoms with Crippen LogP contribution in [0.5, 0.6) is 0 Å². The zero-order valence-electron chi connectivity index (χ0n) is 10.4. The minimum atomic E-state index is -0.177. The monoisotopic (exact) mass is 247 g/mol. The van der Waals surface area contributed by atoms with Gasteiger partial charge >= 0.3 is 0 Å². The van der Waals surface area contributed by atoms with Crippen molar-refractivity contribution < 1.29 is 5.11 Å². The van der Waals surface area contributed by atoms with E-state index in [1.807, 2.05) is 6.92 Å². The molecule has 0 unspecified atom stereocenters. The van der Waals surface area contributed by atoms with Crippen molar-refractivity contribution in [1.29, 1.82) is 0 Å². The first-order valence-corrected chi connectivity index (χ1v) is 6.41. The summed E-state index contributed by atoms with van der Waals surface area (Å²) in [7, 11) is 0. The van der Waals surface area contributed by atoms with Gasteiger partial charge in [0, 0.05) is 17.1 Å². The second-order valence-electron chi connectivity index (χ2n) is 5.17. The molecule has 0 bridgehead atoms. The van der Waals surface area contributed by atoms with Crippen LogP contribution in [0.15, 0.2) is 10.9 Å². The molecule has 0 saturated heterocycles. The molecular formula is C13H17N3O2. The summed E-state index contributed by atoms with van der Waals surface area (Å²) in [5.41, 5.74) is 2.60. The van der Waals surface area contributed by atoms with Crippen LogP contribution in [0.25, 0.3) is 11.0 Å². The SMILES string of the molecule is Cc1[nH]nc2[nH]c(=O)cc(C3CCC(O)CC3)c12. The average Bonchev–Trinajstić information content (AvgIpc) is 2.71. The Labute approximate surface area is 104 Å². The van der Waals surface area contributed by atoms with E-state index in [-0.39, 0.29) is 11.7 Å². The van der Waals surface area contributed by atoms with Gasteiger partial charge in [-0.3, -0.25) is 9.89 Å². The summed E-state index contributed by atoms with van der Waals surface area (Å²) >= 11 is 0. The Balaban J connectivity index is 2.10. The molecule has 3 rings (SSSR count). The molecule has 0 amide bonds. The van der Waals surface area contributed by atoms with Crippen molar-refractivity contribution in [2.45, 2.75) is 44.6 Å². The number of nitrogens with one attached hydrogen (secondary N) is 2. The van der Waals surface area contributed by atoms with Gasteiger partial charge in [0.25, 0.3) is 0 Å². The highest BCUT2D eigenvalue weighted by atomic mass is 16.3. The van der Waals surface area contributed by atoms with Crippen molar-refractivity contribution in [1.82, 2.24) is 15.2 Å². The lowest BCUT2D eigenvalue weighted by Crippen LogP contribution is -2.18. The van der Waals surface area contributed by atoms with E-state index in [0.717, 1.165) is 42.3 Å². The molecule has 18 heavy (non-hydrogen) atoms. The normalized spacial score (nSPS) is 24.6. The molecule has 0 spiro atoms. The molecule has 0 aliphatic heterocycles. The number of hydrogen-bond acceptors (Lipinski definition) is 3. The first kappa shape index (κ1) is 11.5. The van der Waals surface area contributed by atoms with Crippen LogP contribution in [0.1, 0.15) is 42.9 Å². The van der Waals surface area contributed by atoms with Crippen LogP contribution in [0, 0.1) is 6.92 Å². The fourth-order valence-electron chi connectivity index (χ4n) is 2.95. The summed E-state index contributed by atoms with van der Waals surface area (Å²) in [5, 5.41) is 17.6. The first-order valence-electron chi connectivity index (χ1n) is 6.41. The maximum atomic E-state index is 11.7. The van der Waals surface area contributed by atoms with Gasteiger partial charge in [-0.25, -0.2) is 0 Å². The van der Waals surface area contributed by atoms with E-state index in [1.165, 1.54) is 0 Å². The highest BCUT2D eigenvalue weighted by Gasteiger charge is 2.24. The Morgan fingerprint density at radius 2 is 2.06 bits per heavy atom. The number of aryl methyl sites for hydroxylation is 1. The lowest BCUT2D eigenvalue weighted by Gasteiger charge is -2.26. The van der Waals surface area contributed by atoms with E-state index in [9.17, 15) is 9.90 Å². The molecule has 2 aromatic heterocycles. The molecule has 96 valence electrons. The zero-order valence-corrected chi connectivity index (χ0v) is 10.4. The number of H-pyrrole nitrogens is 2. The minimum Gasteiger partial charge on any atom is -0.393 e. The molecule has 0 atom stereocenters. The van der Waals surface area contributed by atoms with Crippen LogP contribution in [0.4, 0.5) is 0 Å². The van der Waals surface area contributed by atoms with Gasteiger partial charge < -0.3 is 10.1 Å². The van der Waals surface area contributed by atoms with Crippen LogP contribution >= 0.6 is 0 Å². The summed E-state index contributed by atoms with van der Waals surface area (Å²) in [6.45, 7) is 1.97. The average molecular weight is 247 g/mol. The summed E-state index contributed by atoms with van der Waals surface area (Å²) in [6, 6.07) is 1.69. The third-order valence-corrected chi connectivity index (χ3v) is 3.90. The second-order valence-corrected chi connectivity index (χ2v) is 5.17. The maximum absolute atomic E-state index is 11.7. The highest BCUT2D eigenvalue weighted by Crippen LogP contribution is 2.35. The number of aliphatic hydroxyl groups is 1. The van der Waals surface area contributed by atoms with Crippen LogP contribution in [-0.4, -0.2) is 26.4 Å². The third-order valence-electron chi connectivity index (χ3n) is 3.90. The smallest absolute Gasteiger partial charge is 0.249 e. The van der Waals surface area contributed by atoms with Gasteiger partial charge in [0.2, 0.25) is 5.56 Å². The predicted molar refractivity (Wildman–Crippen MR) is 68.7 cm³/mol. The molecule has 1 fully saturated rings. The van der Waals surface area contributed by atoms with Crippen molar-refractivity contribution in [2.75, 3.05) is 0 Å². The van der Waals surface area contributed by atoms with Crippen LogP contribution < -0.4 is 5.56 Å². The molecule has 1 aliphatic carbocycles. The molecular weight excluding hydrogens is 230 g/mol. The van der Waals surface area contributed by atoms with Crippen molar-refractivity contribution in [3.8, 4) is 0 Å². The first-order chi connectivity index (χ1) is 8.65. The summed E-state index contributed by atoms with van der Waals surface area (Å²) < 4.78 is 0. The molecule has 5 nitrogen and oxygen atoms in total. The van der Waals surface area contributed by atoms with E-state index in [1.54, 1.807) is 6.07 Å². The lowest BCUT2D eigenvalue weighted by molar-refractivity contribution is 0.122. The Hall–Kier alpha value is -1.62. The fraction of sp³-hybridized carbons (Fsp3) is 0.538. The minimum absolute atomic E-state index is 0.102. The number of aromatic amines is 2. The number of rotatable bonds is 1. The molecule has 0 aromatic carbocycles. The molecule has 0 radical (unpaired) electrons. The summed E-state index contributed by atoms with van der Waals surface area (Å²) in [4.78, 5) is 14.4. The van der Waals surface area contributed by atoms with Crippen molar-refractivity contribution in [2.24, 2.45) is 0 Å². The lowest BCUT2D eigenvalue weighted by atomic mass is 9.82. The number of aliphatic hydroxyl groups excluding tert-OH is 1. The molecule has 2 heterocycles. The second kappa shape index (κ2) is 4.24. The molecule has 1 saturated carbocycles. The van der Waals surface area contributed by atoms with Gasteiger partial charge in [0.15, 0.2) is 5.65 Å². The summed E-state index contributed by atoms with van der Waals surface area (Å²) in [6.07, 6.45) is 3.32.